The maximum Gasteiger partial charge on any atom is 0.264 e. The zero-order chi connectivity index (χ0) is 19.3. The van der Waals surface area contributed by atoms with E-state index < -0.39 is 36.4 Å². The molecule has 3 N–H and O–H groups in total. The minimum atomic E-state index is -1.44. The molecule has 2 aromatic rings. The summed E-state index contributed by atoms with van der Waals surface area (Å²) in [6, 6.07) is 6.86. The molecule has 0 aliphatic carbocycles. The number of aromatic nitrogens is 2. The number of hydrogen-bond acceptors (Lipinski definition) is 7. The molecule has 0 saturated heterocycles. The zero-order valence-corrected chi connectivity index (χ0v) is 15.5. The lowest BCUT2D eigenvalue weighted by molar-refractivity contribution is -0.304. The van der Waals surface area contributed by atoms with Gasteiger partial charge in [-0.25, -0.2) is 0 Å². The first-order chi connectivity index (χ1) is 12.3. The highest BCUT2D eigenvalue weighted by atomic mass is 79.9. The second kappa shape index (κ2) is 8.54. The lowest BCUT2D eigenvalue weighted by Crippen LogP contribution is -2.38. The third kappa shape index (κ3) is 4.86. The average molecular weight is 440 g/mol. The van der Waals surface area contributed by atoms with Gasteiger partial charge in [0.15, 0.2) is 4.77 Å². The van der Waals surface area contributed by atoms with E-state index in [9.17, 15) is 24.6 Å². The van der Waals surface area contributed by atoms with Crippen LogP contribution in [0.25, 0.3) is 5.69 Å². The number of aromatic hydroxyl groups is 1. The summed E-state index contributed by atoms with van der Waals surface area (Å²) in [6.45, 7) is -1.08. The van der Waals surface area contributed by atoms with Gasteiger partial charge in [0, 0.05) is 10.7 Å². The van der Waals surface area contributed by atoms with E-state index in [1.54, 1.807) is 24.3 Å². The Bertz CT molecular complexity index is 998. The molecule has 2 rings (SSSR count). The first-order valence-electron chi connectivity index (χ1n) is 7.10. The van der Waals surface area contributed by atoms with Crippen LogP contribution >= 0.6 is 28.1 Å². The molecule has 1 heterocycles. The molecule has 0 saturated carbocycles. The van der Waals surface area contributed by atoms with Crippen molar-refractivity contribution in [2.75, 3.05) is 13.1 Å². The molecule has 26 heavy (non-hydrogen) atoms. The maximum absolute atomic E-state index is 12.0. The van der Waals surface area contributed by atoms with E-state index in [1.807, 2.05) is 0 Å². The van der Waals surface area contributed by atoms with Gasteiger partial charge in [0.05, 0.1) is 18.2 Å². The number of aliphatic carboxylic acids is 1. The van der Waals surface area contributed by atoms with Crippen LogP contribution in [-0.2, 0) is 9.59 Å². The number of H-pyrrole nitrogens is 1. The second-order valence-electron chi connectivity index (χ2n) is 4.93. The number of carbonyl (C=O) groups is 2. The molecule has 11 heteroatoms. The number of amides is 1. The molecule has 0 bridgehead atoms. The predicted molar refractivity (Wildman–Crippen MR) is 97.1 cm³/mol. The van der Waals surface area contributed by atoms with E-state index >= 15 is 0 Å². The van der Waals surface area contributed by atoms with Gasteiger partial charge in [-0.15, -0.1) is 0 Å². The molecular weight excluding hydrogens is 428 g/mol. The van der Waals surface area contributed by atoms with E-state index in [0.29, 0.717) is 5.69 Å². The molecule has 0 unspecified atom stereocenters. The van der Waals surface area contributed by atoms with Crippen molar-refractivity contribution in [3.05, 3.63) is 49.4 Å². The number of aromatic amines is 1. The Morgan fingerprint density at radius 1 is 1.46 bits per heavy atom. The fourth-order valence-corrected chi connectivity index (χ4v) is 2.63. The Hall–Kier alpha value is -2.79. The smallest absolute Gasteiger partial charge is 0.264 e. The molecule has 1 aromatic heterocycles. The average Bonchev–Trinajstić information content (AvgIpc) is 2.55. The number of nitrogens with one attached hydrogen (secondary N) is 2. The lowest BCUT2D eigenvalue weighted by atomic mass is 10.3. The van der Waals surface area contributed by atoms with Gasteiger partial charge in [-0.3, -0.25) is 24.1 Å². The lowest BCUT2D eigenvalue weighted by Gasteiger charge is -2.11. The van der Waals surface area contributed by atoms with Gasteiger partial charge in [0.25, 0.3) is 5.56 Å². The number of nitrogens with zero attached hydrogens (tertiary/aromatic N) is 2. The highest BCUT2D eigenvalue weighted by Gasteiger charge is 2.12. The van der Waals surface area contributed by atoms with Crippen LogP contribution in [0.15, 0.2) is 38.5 Å². The summed E-state index contributed by atoms with van der Waals surface area (Å²) in [6.07, 6.45) is 1.01. The number of hydrogen-bond donors (Lipinski definition) is 3. The Balaban J connectivity index is 2.33. The topological polar surface area (TPSA) is 140 Å². The number of carboxylic acid groups (broad SMARTS) is 1. The molecule has 0 fully saturated rings. The van der Waals surface area contributed by atoms with Crippen molar-refractivity contribution in [2.24, 2.45) is 4.99 Å². The number of benzene rings is 1. The molecule has 1 amide bonds. The summed E-state index contributed by atoms with van der Waals surface area (Å²) in [5.74, 6) is -2.57. The largest absolute Gasteiger partial charge is 0.548 e. The molecule has 0 spiro atoms. The summed E-state index contributed by atoms with van der Waals surface area (Å²) in [5, 5.41) is 22.7. The Morgan fingerprint density at radius 2 is 2.19 bits per heavy atom. The van der Waals surface area contributed by atoms with Crippen molar-refractivity contribution < 1.29 is 19.8 Å². The van der Waals surface area contributed by atoms with Gasteiger partial charge in [0.1, 0.15) is 12.1 Å². The van der Waals surface area contributed by atoms with E-state index in [0.717, 1.165) is 10.7 Å². The molecule has 0 atom stereocenters. The van der Waals surface area contributed by atoms with Crippen molar-refractivity contribution in [3.63, 3.8) is 0 Å². The molecular formula is C15H12BrN4O5S-. The van der Waals surface area contributed by atoms with Crippen LogP contribution in [0.1, 0.15) is 5.56 Å². The molecule has 0 aliphatic rings. The third-order valence-corrected chi connectivity index (χ3v) is 3.85. The molecule has 0 aliphatic heterocycles. The van der Waals surface area contributed by atoms with E-state index in [-0.39, 0.29) is 10.3 Å². The SMILES string of the molecule is O=C([O-])CNC(=O)CN=Cc1c(O)n(-c2cccc(Br)c2)c(=S)[nH]c1=O. The van der Waals surface area contributed by atoms with Crippen molar-refractivity contribution in [3.8, 4) is 11.6 Å². The van der Waals surface area contributed by atoms with Gasteiger partial charge >= 0.3 is 0 Å². The van der Waals surface area contributed by atoms with Gasteiger partial charge in [-0.2, -0.15) is 0 Å². The van der Waals surface area contributed by atoms with Crippen LogP contribution < -0.4 is 16.0 Å². The number of carbonyl (C=O) groups excluding carboxylic acids is 2. The van der Waals surface area contributed by atoms with Crippen LogP contribution in [0.2, 0.25) is 0 Å². The minimum absolute atomic E-state index is 0.0190. The summed E-state index contributed by atoms with van der Waals surface area (Å²) in [4.78, 5) is 39.8. The number of carboxylic acids is 1. The van der Waals surface area contributed by atoms with Crippen LogP contribution in [0.3, 0.4) is 0 Å². The third-order valence-electron chi connectivity index (χ3n) is 3.07. The highest BCUT2D eigenvalue weighted by Crippen LogP contribution is 2.21. The quantitative estimate of drug-likeness (QED) is 0.415. The Labute approximate surface area is 160 Å². The normalized spacial score (nSPS) is 10.8. The van der Waals surface area contributed by atoms with Crippen molar-refractivity contribution in [2.45, 2.75) is 0 Å². The Kier molecular flexibility index (Phi) is 6.41. The summed E-state index contributed by atoms with van der Waals surface area (Å²) >= 11 is 8.39. The standard InChI is InChI=1S/C15H13BrN4O5S/c16-8-2-1-3-9(4-8)20-14(25)10(13(24)19-15(20)26)5-17-6-11(21)18-7-12(22)23/h1-5,25H,6-7H2,(H,18,21)(H,22,23)(H,19,24,26)/p-1. The number of halogens is 1. The highest BCUT2D eigenvalue weighted by molar-refractivity contribution is 9.10. The first kappa shape index (κ1) is 19.5. The molecule has 1 aromatic carbocycles. The van der Waals surface area contributed by atoms with Crippen LogP contribution in [0, 0.1) is 4.77 Å². The monoisotopic (exact) mass is 439 g/mol. The van der Waals surface area contributed by atoms with Gasteiger partial charge in [-0.05, 0) is 30.4 Å². The van der Waals surface area contributed by atoms with E-state index in [4.69, 9.17) is 12.2 Å². The summed E-state index contributed by atoms with van der Waals surface area (Å²) in [5.41, 5.74) is -0.386. The second-order valence-corrected chi connectivity index (χ2v) is 6.23. The van der Waals surface area contributed by atoms with Crippen molar-refractivity contribution in [1.82, 2.24) is 14.9 Å². The Morgan fingerprint density at radius 3 is 2.85 bits per heavy atom. The number of rotatable bonds is 6. The predicted octanol–water partition coefficient (Wildman–Crippen LogP) is -0.352. The number of aliphatic imine (C=N–C) groups is 1. The van der Waals surface area contributed by atoms with Crippen molar-refractivity contribution in [1.29, 1.82) is 0 Å². The fourth-order valence-electron chi connectivity index (χ4n) is 1.96. The summed E-state index contributed by atoms with van der Waals surface area (Å²) < 4.78 is 1.95. The summed E-state index contributed by atoms with van der Waals surface area (Å²) in [7, 11) is 0. The fraction of sp³-hybridized carbons (Fsp3) is 0.133. The molecule has 136 valence electrons. The van der Waals surface area contributed by atoms with Gasteiger partial charge in [0.2, 0.25) is 11.8 Å². The van der Waals surface area contributed by atoms with Crippen LogP contribution in [-0.4, -0.2) is 45.8 Å². The van der Waals surface area contributed by atoms with E-state index in [1.165, 1.54) is 4.57 Å². The van der Waals surface area contributed by atoms with Crippen molar-refractivity contribution >= 4 is 46.2 Å². The van der Waals surface area contributed by atoms with E-state index in [2.05, 4.69) is 31.2 Å². The molecule has 9 nitrogen and oxygen atoms in total. The van der Waals surface area contributed by atoms with Gasteiger partial charge in [-0.1, -0.05) is 22.0 Å². The van der Waals surface area contributed by atoms with Gasteiger partial charge < -0.3 is 20.3 Å². The minimum Gasteiger partial charge on any atom is -0.548 e. The first-order valence-corrected chi connectivity index (χ1v) is 8.30. The zero-order valence-electron chi connectivity index (χ0n) is 13.1. The van der Waals surface area contributed by atoms with Crippen LogP contribution in [0.5, 0.6) is 5.88 Å². The molecule has 0 radical (unpaired) electrons. The maximum atomic E-state index is 12.0. The van der Waals surface area contributed by atoms with Crippen LogP contribution in [0.4, 0.5) is 0 Å².